The van der Waals surface area contributed by atoms with Crippen molar-refractivity contribution in [3.8, 4) is 0 Å². The molecule has 0 unspecified atom stereocenters. The van der Waals surface area contributed by atoms with Gasteiger partial charge in [0, 0.05) is 7.05 Å². The molecule has 0 saturated heterocycles. The standard InChI is InChI=1S/C15H20N2O2/c1-17(11-13(16)18)14(19)15(9-5-6-10-15)12-7-3-2-4-8-12/h2-4,7-8H,5-6,9-11H2,1H3,(H2,16,18). The Morgan fingerprint density at radius 3 is 2.32 bits per heavy atom. The zero-order valence-electron chi connectivity index (χ0n) is 11.3. The van der Waals surface area contributed by atoms with Crippen LogP contribution in [0.2, 0.25) is 0 Å². The molecule has 0 spiro atoms. The third-order valence-electron chi connectivity index (χ3n) is 3.93. The maximum Gasteiger partial charge on any atom is 0.237 e. The van der Waals surface area contributed by atoms with Crippen LogP contribution in [0, 0.1) is 0 Å². The zero-order chi connectivity index (χ0) is 13.9. The molecule has 1 aromatic carbocycles. The largest absolute Gasteiger partial charge is 0.368 e. The van der Waals surface area contributed by atoms with Crippen molar-refractivity contribution < 1.29 is 9.59 Å². The number of rotatable bonds is 4. The highest BCUT2D eigenvalue weighted by atomic mass is 16.2. The SMILES string of the molecule is CN(CC(N)=O)C(=O)C1(c2ccccc2)CCCC1. The van der Waals surface area contributed by atoms with E-state index in [-0.39, 0.29) is 12.5 Å². The van der Waals surface area contributed by atoms with Gasteiger partial charge in [0.05, 0.1) is 12.0 Å². The van der Waals surface area contributed by atoms with Gasteiger partial charge in [0.25, 0.3) is 0 Å². The number of carbonyl (C=O) groups excluding carboxylic acids is 2. The molecule has 0 bridgehead atoms. The summed E-state index contributed by atoms with van der Waals surface area (Å²) < 4.78 is 0. The van der Waals surface area contributed by atoms with Crippen molar-refractivity contribution >= 4 is 11.8 Å². The lowest BCUT2D eigenvalue weighted by Crippen LogP contribution is -2.46. The van der Waals surface area contributed by atoms with Gasteiger partial charge in [-0.25, -0.2) is 0 Å². The van der Waals surface area contributed by atoms with Gasteiger partial charge in [0.1, 0.15) is 0 Å². The lowest BCUT2D eigenvalue weighted by Gasteiger charge is -2.32. The van der Waals surface area contributed by atoms with E-state index in [0.717, 1.165) is 31.2 Å². The smallest absolute Gasteiger partial charge is 0.237 e. The monoisotopic (exact) mass is 260 g/mol. The van der Waals surface area contributed by atoms with Crippen molar-refractivity contribution in [3.05, 3.63) is 35.9 Å². The molecule has 0 radical (unpaired) electrons. The Hall–Kier alpha value is -1.84. The number of hydrogen-bond acceptors (Lipinski definition) is 2. The number of likely N-dealkylation sites (N-methyl/N-ethyl adjacent to an activating group) is 1. The summed E-state index contributed by atoms with van der Waals surface area (Å²) in [4.78, 5) is 25.2. The van der Waals surface area contributed by atoms with Gasteiger partial charge in [-0.2, -0.15) is 0 Å². The summed E-state index contributed by atoms with van der Waals surface area (Å²) in [5.74, 6) is -0.466. The third kappa shape index (κ3) is 2.62. The molecule has 2 amide bonds. The molecule has 1 saturated carbocycles. The summed E-state index contributed by atoms with van der Waals surface area (Å²) in [6, 6.07) is 9.86. The second kappa shape index (κ2) is 5.43. The molecular weight excluding hydrogens is 240 g/mol. The number of nitrogens with zero attached hydrogens (tertiary/aromatic N) is 1. The summed E-state index contributed by atoms with van der Waals surface area (Å²) in [6.07, 6.45) is 3.79. The first kappa shape index (κ1) is 13.6. The minimum absolute atomic E-state index is 0.00926. The summed E-state index contributed by atoms with van der Waals surface area (Å²) in [7, 11) is 1.65. The van der Waals surface area contributed by atoms with Crippen LogP contribution >= 0.6 is 0 Å². The Balaban J connectivity index is 2.30. The molecule has 19 heavy (non-hydrogen) atoms. The van der Waals surface area contributed by atoms with Gasteiger partial charge in [-0.05, 0) is 18.4 Å². The van der Waals surface area contributed by atoms with E-state index in [0.29, 0.717) is 0 Å². The van der Waals surface area contributed by atoms with E-state index >= 15 is 0 Å². The molecule has 4 nitrogen and oxygen atoms in total. The van der Waals surface area contributed by atoms with Crippen molar-refractivity contribution in [3.63, 3.8) is 0 Å². The van der Waals surface area contributed by atoms with E-state index in [1.54, 1.807) is 7.05 Å². The van der Waals surface area contributed by atoms with Gasteiger partial charge in [-0.15, -0.1) is 0 Å². The highest BCUT2D eigenvalue weighted by Gasteiger charge is 2.44. The summed E-state index contributed by atoms with van der Waals surface area (Å²) in [6.45, 7) is -0.0204. The van der Waals surface area contributed by atoms with E-state index in [1.807, 2.05) is 30.3 Å². The molecule has 0 heterocycles. The van der Waals surface area contributed by atoms with Crippen LogP contribution in [-0.2, 0) is 15.0 Å². The molecule has 0 aliphatic heterocycles. The van der Waals surface area contributed by atoms with Crippen molar-refractivity contribution in [2.45, 2.75) is 31.1 Å². The van der Waals surface area contributed by atoms with Gasteiger partial charge in [0.15, 0.2) is 0 Å². The molecule has 2 rings (SSSR count). The van der Waals surface area contributed by atoms with Crippen LogP contribution in [0.4, 0.5) is 0 Å². The predicted octanol–water partition coefficient (Wildman–Crippen LogP) is 1.44. The first-order valence-corrected chi connectivity index (χ1v) is 6.66. The van der Waals surface area contributed by atoms with Gasteiger partial charge in [-0.3, -0.25) is 9.59 Å². The molecule has 1 aliphatic rings. The Kier molecular flexibility index (Phi) is 3.88. The van der Waals surface area contributed by atoms with Crippen molar-refractivity contribution in [2.24, 2.45) is 5.73 Å². The predicted molar refractivity (Wildman–Crippen MR) is 73.4 cm³/mol. The van der Waals surface area contributed by atoms with Crippen molar-refractivity contribution in [2.75, 3.05) is 13.6 Å². The minimum Gasteiger partial charge on any atom is -0.368 e. The highest BCUT2D eigenvalue weighted by molar-refractivity contribution is 5.91. The van der Waals surface area contributed by atoms with E-state index < -0.39 is 11.3 Å². The summed E-state index contributed by atoms with van der Waals surface area (Å²) >= 11 is 0. The molecule has 102 valence electrons. The van der Waals surface area contributed by atoms with Gasteiger partial charge < -0.3 is 10.6 Å². The van der Waals surface area contributed by atoms with E-state index in [9.17, 15) is 9.59 Å². The quantitative estimate of drug-likeness (QED) is 0.890. The van der Waals surface area contributed by atoms with E-state index in [1.165, 1.54) is 4.90 Å². The average molecular weight is 260 g/mol. The first-order chi connectivity index (χ1) is 9.06. The molecule has 1 fully saturated rings. The van der Waals surface area contributed by atoms with Gasteiger partial charge >= 0.3 is 0 Å². The van der Waals surface area contributed by atoms with Crippen LogP contribution < -0.4 is 5.73 Å². The molecule has 4 heteroatoms. The van der Waals surface area contributed by atoms with E-state index in [4.69, 9.17) is 5.73 Å². The topological polar surface area (TPSA) is 63.4 Å². The van der Waals surface area contributed by atoms with Crippen molar-refractivity contribution in [1.82, 2.24) is 4.90 Å². The minimum atomic E-state index is -0.475. The molecule has 1 aromatic rings. The van der Waals surface area contributed by atoms with Crippen LogP contribution in [0.5, 0.6) is 0 Å². The maximum absolute atomic E-state index is 12.7. The van der Waals surface area contributed by atoms with Crippen LogP contribution in [0.15, 0.2) is 30.3 Å². The summed E-state index contributed by atoms with van der Waals surface area (Å²) in [5.41, 5.74) is 5.76. The fraction of sp³-hybridized carbons (Fsp3) is 0.467. The average Bonchev–Trinajstić information content (AvgIpc) is 2.88. The van der Waals surface area contributed by atoms with E-state index in [2.05, 4.69) is 0 Å². The first-order valence-electron chi connectivity index (χ1n) is 6.66. The highest BCUT2D eigenvalue weighted by Crippen LogP contribution is 2.42. The molecule has 2 N–H and O–H groups in total. The number of hydrogen-bond donors (Lipinski definition) is 1. The zero-order valence-corrected chi connectivity index (χ0v) is 11.3. The van der Waals surface area contributed by atoms with Crippen LogP contribution in [0.25, 0.3) is 0 Å². The maximum atomic E-state index is 12.7. The Bertz CT molecular complexity index is 464. The molecule has 1 aliphatic carbocycles. The van der Waals surface area contributed by atoms with Crippen LogP contribution in [0.3, 0.4) is 0 Å². The third-order valence-corrected chi connectivity index (χ3v) is 3.93. The lowest BCUT2D eigenvalue weighted by molar-refractivity contribution is -0.138. The Morgan fingerprint density at radius 1 is 1.21 bits per heavy atom. The Labute approximate surface area is 113 Å². The number of carbonyl (C=O) groups is 2. The second-order valence-electron chi connectivity index (χ2n) is 5.28. The summed E-state index contributed by atoms with van der Waals surface area (Å²) in [5, 5.41) is 0. The Morgan fingerprint density at radius 2 is 1.79 bits per heavy atom. The normalized spacial score (nSPS) is 17.1. The van der Waals surface area contributed by atoms with Crippen molar-refractivity contribution in [1.29, 1.82) is 0 Å². The number of primary amides is 1. The second-order valence-corrected chi connectivity index (χ2v) is 5.28. The fourth-order valence-corrected chi connectivity index (χ4v) is 3.03. The number of amides is 2. The molecular formula is C15H20N2O2. The van der Waals surface area contributed by atoms with Crippen LogP contribution in [-0.4, -0.2) is 30.3 Å². The molecule has 0 atom stereocenters. The van der Waals surface area contributed by atoms with Gasteiger partial charge in [-0.1, -0.05) is 43.2 Å². The number of benzene rings is 1. The molecule has 0 aromatic heterocycles. The number of nitrogens with two attached hydrogens (primary N) is 1. The van der Waals surface area contributed by atoms with Crippen LogP contribution in [0.1, 0.15) is 31.2 Å². The van der Waals surface area contributed by atoms with Gasteiger partial charge in [0.2, 0.25) is 11.8 Å². The lowest BCUT2D eigenvalue weighted by atomic mass is 9.77. The fourth-order valence-electron chi connectivity index (χ4n) is 3.03.